The van der Waals surface area contributed by atoms with E-state index in [1.54, 1.807) is 0 Å². The average Bonchev–Trinajstić information content (AvgIpc) is 2.45. The van der Waals surface area contributed by atoms with Gasteiger partial charge in [-0.1, -0.05) is 44.5 Å². The van der Waals surface area contributed by atoms with Crippen molar-refractivity contribution < 1.29 is 14.7 Å². The van der Waals surface area contributed by atoms with E-state index in [1.165, 1.54) is 5.56 Å². The fourth-order valence-corrected chi connectivity index (χ4v) is 2.27. The molecule has 0 aliphatic heterocycles. The topological polar surface area (TPSA) is 78.4 Å². The molecular weight excluding hydrogens is 268 g/mol. The Bertz CT molecular complexity index is 474. The summed E-state index contributed by atoms with van der Waals surface area (Å²) in [6.07, 6.45) is 2.35. The van der Waals surface area contributed by atoms with E-state index in [2.05, 4.69) is 17.6 Å². The lowest BCUT2D eigenvalue weighted by atomic mass is 10.1. The molecule has 116 valence electrons. The minimum Gasteiger partial charge on any atom is -0.481 e. The highest BCUT2D eigenvalue weighted by atomic mass is 16.4. The normalized spacial score (nSPS) is 11.7. The maximum atomic E-state index is 11.9. The molecule has 0 aliphatic carbocycles. The molecule has 1 unspecified atom stereocenters. The van der Waals surface area contributed by atoms with Crippen LogP contribution in [-0.4, -0.2) is 23.1 Å². The van der Waals surface area contributed by atoms with Crippen LogP contribution in [0.2, 0.25) is 0 Å². The van der Waals surface area contributed by atoms with Gasteiger partial charge in [-0.15, -0.1) is 0 Å². The van der Waals surface area contributed by atoms with E-state index in [0.29, 0.717) is 13.0 Å². The molecule has 5 nitrogen and oxygen atoms in total. The van der Waals surface area contributed by atoms with Crippen molar-refractivity contribution >= 4 is 12.0 Å². The first-order valence-corrected chi connectivity index (χ1v) is 7.39. The standard InChI is InChI=1S/C16H24N2O3/c1-3-7-14(10-15(19)20)18-16(21)17-11-13-9-6-5-8-12(13)4-2/h5-6,8-9,14H,3-4,7,10-11H2,1-2H3,(H,19,20)(H2,17,18,21). The summed E-state index contributed by atoms with van der Waals surface area (Å²) in [7, 11) is 0. The van der Waals surface area contributed by atoms with Gasteiger partial charge in [0, 0.05) is 12.6 Å². The molecule has 3 N–H and O–H groups in total. The molecule has 0 saturated carbocycles. The van der Waals surface area contributed by atoms with Gasteiger partial charge in [0.1, 0.15) is 0 Å². The van der Waals surface area contributed by atoms with Crippen molar-refractivity contribution in [2.24, 2.45) is 0 Å². The maximum Gasteiger partial charge on any atom is 0.315 e. The highest BCUT2D eigenvalue weighted by Crippen LogP contribution is 2.09. The van der Waals surface area contributed by atoms with Gasteiger partial charge in [0.25, 0.3) is 0 Å². The van der Waals surface area contributed by atoms with Crippen LogP contribution in [0.25, 0.3) is 0 Å². The Morgan fingerprint density at radius 3 is 2.43 bits per heavy atom. The molecule has 1 atom stereocenters. The molecule has 0 aliphatic rings. The molecule has 2 amide bonds. The third-order valence-electron chi connectivity index (χ3n) is 3.33. The number of carboxylic acid groups (broad SMARTS) is 1. The summed E-state index contributed by atoms with van der Waals surface area (Å²) >= 11 is 0. The van der Waals surface area contributed by atoms with Crippen LogP contribution in [0.5, 0.6) is 0 Å². The number of hydrogen-bond acceptors (Lipinski definition) is 2. The smallest absolute Gasteiger partial charge is 0.315 e. The van der Waals surface area contributed by atoms with Crippen LogP contribution in [0.15, 0.2) is 24.3 Å². The van der Waals surface area contributed by atoms with Crippen LogP contribution in [0.3, 0.4) is 0 Å². The first-order chi connectivity index (χ1) is 10.1. The number of aliphatic carboxylic acids is 1. The summed E-state index contributed by atoms with van der Waals surface area (Å²) in [5.41, 5.74) is 2.29. The average molecular weight is 292 g/mol. The van der Waals surface area contributed by atoms with Gasteiger partial charge in [-0.05, 0) is 24.0 Å². The lowest BCUT2D eigenvalue weighted by Crippen LogP contribution is -2.42. The maximum absolute atomic E-state index is 11.9. The molecule has 0 aromatic heterocycles. The van der Waals surface area contributed by atoms with Gasteiger partial charge in [-0.2, -0.15) is 0 Å². The number of carbonyl (C=O) groups excluding carboxylic acids is 1. The number of carboxylic acids is 1. The van der Waals surface area contributed by atoms with Gasteiger partial charge >= 0.3 is 12.0 Å². The molecule has 0 spiro atoms. The van der Waals surface area contributed by atoms with Crippen molar-refractivity contribution in [3.8, 4) is 0 Å². The zero-order valence-corrected chi connectivity index (χ0v) is 12.7. The van der Waals surface area contributed by atoms with Gasteiger partial charge < -0.3 is 15.7 Å². The minimum atomic E-state index is -0.898. The number of hydrogen-bond donors (Lipinski definition) is 3. The van der Waals surface area contributed by atoms with Crippen molar-refractivity contribution in [3.05, 3.63) is 35.4 Å². The SMILES string of the molecule is CCCC(CC(=O)O)NC(=O)NCc1ccccc1CC. The second-order valence-corrected chi connectivity index (χ2v) is 5.03. The molecule has 0 saturated heterocycles. The van der Waals surface area contributed by atoms with E-state index >= 15 is 0 Å². The molecule has 0 radical (unpaired) electrons. The van der Waals surface area contributed by atoms with E-state index in [1.807, 2.05) is 31.2 Å². The Morgan fingerprint density at radius 2 is 1.86 bits per heavy atom. The molecule has 0 heterocycles. The predicted octanol–water partition coefficient (Wildman–Crippen LogP) is 2.69. The lowest BCUT2D eigenvalue weighted by molar-refractivity contribution is -0.137. The van der Waals surface area contributed by atoms with E-state index in [9.17, 15) is 9.59 Å². The zero-order chi connectivity index (χ0) is 15.7. The summed E-state index contributed by atoms with van der Waals surface area (Å²) in [5, 5.41) is 14.3. The van der Waals surface area contributed by atoms with Crippen molar-refractivity contribution in [1.29, 1.82) is 0 Å². The number of amides is 2. The van der Waals surface area contributed by atoms with Gasteiger partial charge in [-0.3, -0.25) is 4.79 Å². The van der Waals surface area contributed by atoms with Gasteiger partial charge in [0.05, 0.1) is 6.42 Å². The Hall–Kier alpha value is -2.04. The van der Waals surface area contributed by atoms with Crippen LogP contribution < -0.4 is 10.6 Å². The molecule has 1 aromatic carbocycles. The van der Waals surface area contributed by atoms with Crippen molar-refractivity contribution in [2.45, 2.75) is 52.1 Å². The van der Waals surface area contributed by atoms with E-state index in [4.69, 9.17) is 5.11 Å². The Kier molecular flexibility index (Phi) is 7.29. The van der Waals surface area contributed by atoms with E-state index < -0.39 is 5.97 Å². The van der Waals surface area contributed by atoms with E-state index in [0.717, 1.165) is 18.4 Å². The summed E-state index contributed by atoms with van der Waals surface area (Å²) in [6, 6.07) is 7.30. The molecule has 1 rings (SSSR count). The number of nitrogens with one attached hydrogen (secondary N) is 2. The highest BCUT2D eigenvalue weighted by molar-refractivity contribution is 5.75. The van der Waals surface area contributed by atoms with Gasteiger partial charge in [0.2, 0.25) is 0 Å². The molecule has 0 bridgehead atoms. The zero-order valence-electron chi connectivity index (χ0n) is 12.7. The number of benzene rings is 1. The summed E-state index contributed by atoms with van der Waals surface area (Å²) in [5.74, 6) is -0.898. The fraction of sp³-hybridized carbons (Fsp3) is 0.500. The van der Waals surface area contributed by atoms with E-state index in [-0.39, 0.29) is 18.5 Å². The number of aryl methyl sites for hydroxylation is 1. The lowest BCUT2D eigenvalue weighted by Gasteiger charge is -2.17. The third kappa shape index (κ3) is 6.29. The van der Waals surface area contributed by atoms with Crippen LogP contribution in [0, 0.1) is 0 Å². The molecule has 1 aromatic rings. The third-order valence-corrected chi connectivity index (χ3v) is 3.33. The Balaban J connectivity index is 2.50. The van der Waals surface area contributed by atoms with Gasteiger partial charge in [-0.25, -0.2) is 4.79 Å². The molecule has 5 heteroatoms. The highest BCUT2D eigenvalue weighted by Gasteiger charge is 2.15. The second-order valence-electron chi connectivity index (χ2n) is 5.03. The number of rotatable bonds is 8. The summed E-state index contributed by atoms with van der Waals surface area (Å²) < 4.78 is 0. The molecule has 0 fully saturated rings. The van der Waals surface area contributed by atoms with Crippen LogP contribution in [0.4, 0.5) is 4.79 Å². The first kappa shape index (κ1) is 17.0. The second kappa shape index (κ2) is 9.00. The van der Waals surface area contributed by atoms with Crippen LogP contribution in [0.1, 0.15) is 44.2 Å². The van der Waals surface area contributed by atoms with Crippen LogP contribution >= 0.6 is 0 Å². The summed E-state index contributed by atoms with van der Waals surface area (Å²) in [6.45, 7) is 4.48. The Labute approximate surface area is 125 Å². The predicted molar refractivity (Wildman–Crippen MR) is 82.1 cm³/mol. The Morgan fingerprint density at radius 1 is 1.19 bits per heavy atom. The van der Waals surface area contributed by atoms with Crippen molar-refractivity contribution in [3.63, 3.8) is 0 Å². The molecular formula is C16H24N2O3. The minimum absolute atomic E-state index is 0.0488. The number of carbonyl (C=O) groups is 2. The molecule has 21 heavy (non-hydrogen) atoms. The summed E-state index contributed by atoms with van der Waals surface area (Å²) in [4.78, 5) is 22.6. The quantitative estimate of drug-likeness (QED) is 0.689. The fourth-order valence-electron chi connectivity index (χ4n) is 2.27. The number of urea groups is 1. The first-order valence-electron chi connectivity index (χ1n) is 7.39. The largest absolute Gasteiger partial charge is 0.481 e. The van der Waals surface area contributed by atoms with Crippen molar-refractivity contribution in [1.82, 2.24) is 10.6 Å². The van der Waals surface area contributed by atoms with Crippen LogP contribution in [-0.2, 0) is 17.8 Å². The van der Waals surface area contributed by atoms with Crippen molar-refractivity contribution in [2.75, 3.05) is 0 Å². The monoisotopic (exact) mass is 292 g/mol. The van der Waals surface area contributed by atoms with Gasteiger partial charge in [0.15, 0.2) is 0 Å².